The molecular formula is C8H8Br2N6OS. The molecule has 0 aliphatic heterocycles. The lowest BCUT2D eigenvalue weighted by atomic mass is 10.5. The van der Waals surface area contributed by atoms with Gasteiger partial charge in [0.05, 0.1) is 0 Å². The first-order chi connectivity index (χ1) is 8.58. The minimum Gasteiger partial charge on any atom is -0.299 e. The van der Waals surface area contributed by atoms with E-state index in [0.29, 0.717) is 14.6 Å². The number of hydrogen-bond donors (Lipinski definition) is 1. The van der Waals surface area contributed by atoms with Crippen molar-refractivity contribution in [2.45, 2.75) is 19.9 Å². The van der Waals surface area contributed by atoms with Crippen LogP contribution in [0.2, 0.25) is 0 Å². The van der Waals surface area contributed by atoms with Gasteiger partial charge in [-0.2, -0.15) is 4.98 Å². The molecule has 0 radical (unpaired) electrons. The standard InChI is InChI=1S/C8H8Br2N6OS/c1-2-5-13-14-8(18-5)11-4(17)3-16-7(10)12-6(9)15-16/h2-3H2,1H3,(H,11,14,17). The maximum Gasteiger partial charge on any atom is 0.248 e. The minimum atomic E-state index is -0.230. The van der Waals surface area contributed by atoms with Crippen LogP contribution in [0.4, 0.5) is 5.13 Å². The van der Waals surface area contributed by atoms with Crippen molar-refractivity contribution in [2.75, 3.05) is 5.32 Å². The van der Waals surface area contributed by atoms with Gasteiger partial charge in [0, 0.05) is 0 Å². The van der Waals surface area contributed by atoms with E-state index in [1.54, 1.807) is 0 Å². The molecule has 0 saturated carbocycles. The molecule has 0 saturated heterocycles. The Kier molecular flexibility index (Phi) is 4.40. The van der Waals surface area contributed by atoms with Crippen LogP contribution in [-0.4, -0.2) is 30.9 Å². The van der Waals surface area contributed by atoms with Crippen molar-refractivity contribution in [3.05, 3.63) is 14.5 Å². The Hall–Kier alpha value is -0.870. The third-order valence-corrected chi connectivity index (χ3v) is 3.82. The molecule has 2 heterocycles. The molecule has 0 spiro atoms. The van der Waals surface area contributed by atoms with Crippen LogP contribution < -0.4 is 5.32 Å². The monoisotopic (exact) mass is 394 g/mol. The topological polar surface area (TPSA) is 85.6 Å². The Balaban J connectivity index is 1.98. The van der Waals surface area contributed by atoms with Gasteiger partial charge in [0.15, 0.2) is 4.73 Å². The van der Waals surface area contributed by atoms with Gasteiger partial charge in [0.1, 0.15) is 11.6 Å². The van der Waals surface area contributed by atoms with E-state index in [0.717, 1.165) is 11.4 Å². The molecule has 2 rings (SSSR count). The largest absolute Gasteiger partial charge is 0.299 e. The number of anilines is 1. The zero-order valence-electron chi connectivity index (χ0n) is 9.22. The molecule has 0 unspecified atom stereocenters. The highest BCUT2D eigenvalue weighted by Gasteiger charge is 2.11. The van der Waals surface area contributed by atoms with Gasteiger partial charge in [-0.3, -0.25) is 10.1 Å². The molecule has 96 valence electrons. The Morgan fingerprint density at radius 2 is 2.22 bits per heavy atom. The number of rotatable bonds is 4. The highest BCUT2D eigenvalue weighted by Crippen LogP contribution is 2.16. The lowest BCUT2D eigenvalue weighted by Gasteiger charge is -2.01. The van der Waals surface area contributed by atoms with Crippen molar-refractivity contribution in [2.24, 2.45) is 0 Å². The highest BCUT2D eigenvalue weighted by molar-refractivity contribution is 9.11. The molecule has 0 aliphatic rings. The average molecular weight is 396 g/mol. The van der Waals surface area contributed by atoms with Crippen LogP contribution in [0.1, 0.15) is 11.9 Å². The molecule has 2 aromatic heterocycles. The number of halogens is 2. The number of carbonyl (C=O) groups is 1. The second-order valence-electron chi connectivity index (χ2n) is 3.21. The SMILES string of the molecule is CCc1nnc(NC(=O)Cn2nc(Br)nc2Br)s1. The summed E-state index contributed by atoms with van der Waals surface area (Å²) in [5.74, 6) is -0.230. The molecule has 0 aromatic carbocycles. The van der Waals surface area contributed by atoms with Crippen molar-refractivity contribution < 1.29 is 4.79 Å². The molecule has 2 aromatic rings. The van der Waals surface area contributed by atoms with Crippen LogP contribution in [0.5, 0.6) is 0 Å². The summed E-state index contributed by atoms with van der Waals surface area (Å²) in [5, 5.41) is 15.8. The first-order valence-corrected chi connectivity index (χ1v) is 7.36. The summed E-state index contributed by atoms with van der Waals surface area (Å²) in [4.78, 5) is 15.7. The molecular weight excluding hydrogens is 388 g/mol. The van der Waals surface area contributed by atoms with Gasteiger partial charge in [0.2, 0.25) is 15.8 Å². The summed E-state index contributed by atoms with van der Waals surface area (Å²) in [6, 6.07) is 0. The number of nitrogens with one attached hydrogen (secondary N) is 1. The van der Waals surface area contributed by atoms with Crippen molar-refractivity contribution in [3.8, 4) is 0 Å². The van der Waals surface area contributed by atoms with Gasteiger partial charge in [-0.25, -0.2) is 4.68 Å². The first-order valence-electron chi connectivity index (χ1n) is 4.96. The quantitative estimate of drug-likeness (QED) is 0.853. The summed E-state index contributed by atoms with van der Waals surface area (Å²) in [7, 11) is 0. The Morgan fingerprint density at radius 3 is 2.78 bits per heavy atom. The summed E-state index contributed by atoms with van der Waals surface area (Å²) in [5.41, 5.74) is 0. The van der Waals surface area contributed by atoms with Gasteiger partial charge < -0.3 is 0 Å². The predicted molar refractivity (Wildman–Crippen MR) is 73.3 cm³/mol. The van der Waals surface area contributed by atoms with Gasteiger partial charge in [-0.15, -0.1) is 15.3 Å². The summed E-state index contributed by atoms with van der Waals surface area (Å²) < 4.78 is 2.34. The molecule has 0 aliphatic carbocycles. The molecule has 1 N–H and O–H groups in total. The molecule has 18 heavy (non-hydrogen) atoms. The lowest BCUT2D eigenvalue weighted by molar-refractivity contribution is -0.116. The van der Waals surface area contributed by atoms with Crippen LogP contribution in [0.25, 0.3) is 0 Å². The lowest BCUT2D eigenvalue weighted by Crippen LogP contribution is -2.19. The third-order valence-electron chi connectivity index (χ3n) is 1.91. The van der Waals surface area contributed by atoms with Gasteiger partial charge in [0.25, 0.3) is 0 Å². The van der Waals surface area contributed by atoms with E-state index in [-0.39, 0.29) is 12.5 Å². The maximum atomic E-state index is 11.7. The number of aryl methyl sites for hydroxylation is 1. The van der Waals surface area contributed by atoms with E-state index in [2.05, 4.69) is 57.5 Å². The Bertz CT molecular complexity index is 568. The summed E-state index contributed by atoms with van der Waals surface area (Å²) >= 11 is 7.69. The maximum absolute atomic E-state index is 11.7. The van der Waals surface area contributed by atoms with Crippen molar-refractivity contribution >= 4 is 54.2 Å². The Morgan fingerprint density at radius 1 is 1.44 bits per heavy atom. The van der Waals surface area contributed by atoms with Crippen molar-refractivity contribution in [3.63, 3.8) is 0 Å². The number of amides is 1. The van der Waals surface area contributed by atoms with E-state index in [1.165, 1.54) is 16.0 Å². The van der Waals surface area contributed by atoms with Crippen LogP contribution >= 0.6 is 43.2 Å². The molecule has 1 amide bonds. The Labute approximate surface area is 123 Å². The fourth-order valence-corrected chi connectivity index (χ4v) is 2.81. The number of nitrogens with zero attached hydrogens (tertiary/aromatic N) is 5. The second-order valence-corrected chi connectivity index (χ2v) is 5.69. The van der Waals surface area contributed by atoms with E-state index >= 15 is 0 Å². The van der Waals surface area contributed by atoms with Gasteiger partial charge in [-0.05, 0) is 38.3 Å². The number of carbonyl (C=O) groups excluding carboxylic acids is 1. The molecule has 0 atom stereocenters. The molecule has 0 fully saturated rings. The summed E-state index contributed by atoms with van der Waals surface area (Å²) in [6.07, 6.45) is 0.801. The minimum absolute atomic E-state index is 0.0558. The number of hydrogen-bond acceptors (Lipinski definition) is 6. The molecule has 0 bridgehead atoms. The predicted octanol–water partition coefficient (Wildman–Crippen LogP) is 1.86. The highest BCUT2D eigenvalue weighted by atomic mass is 79.9. The van der Waals surface area contributed by atoms with Crippen molar-refractivity contribution in [1.29, 1.82) is 0 Å². The van der Waals surface area contributed by atoms with Crippen LogP contribution in [0.15, 0.2) is 9.47 Å². The van der Waals surface area contributed by atoms with E-state index in [9.17, 15) is 4.79 Å². The second kappa shape index (κ2) is 5.85. The van der Waals surface area contributed by atoms with E-state index < -0.39 is 0 Å². The van der Waals surface area contributed by atoms with Gasteiger partial charge >= 0.3 is 0 Å². The summed E-state index contributed by atoms with van der Waals surface area (Å²) in [6.45, 7) is 2.04. The van der Waals surface area contributed by atoms with E-state index in [4.69, 9.17) is 0 Å². The molecule has 10 heteroatoms. The van der Waals surface area contributed by atoms with Crippen LogP contribution in [0.3, 0.4) is 0 Å². The van der Waals surface area contributed by atoms with Crippen molar-refractivity contribution in [1.82, 2.24) is 25.0 Å². The van der Waals surface area contributed by atoms with Gasteiger partial charge in [-0.1, -0.05) is 18.3 Å². The molecule has 7 nitrogen and oxygen atoms in total. The van der Waals surface area contributed by atoms with Crippen LogP contribution in [-0.2, 0) is 17.8 Å². The zero-order valence-corrected chi connectivity index (χ0v) is 13.2. The van der Waals surface area contributed by atoms with Crippen LogP contribution in [0, 0.1) is 0 Å². The fourth-order valence-electron chi connectivity index (χ4n) is 1.14. The van der Waals surface area contributed by atoms with E-state index in [1.807, 2.05) is 6.92 Å². The third kappa shape index (κ3) is 3.33. The smallest absolute Gasteiger partial charge is 0.248 e. The first kappa shape index (κ1) is 13.6. The zero-order chi connectivity index (χ0) is 13.1. The normalized spacial score (nSPS) is 10.6. The average Bonchev–Trinajstić information content (AvgIpc) is 2.86. The fraction of sp³-hybridized carbons (Fsp3) is 0.375. The number of aromatic nitrogens is 5.